The number of hydrogen-bond donors (Lipinski definition) is 1. The fourth-order valence-corrected chi connectivity index (χ4v) is 3.40. The van der Waals surface area contributed by atoms with E-state index in [1.54, 1.807) is 20.4 Å². The summed E-state index contributed by atoms with van der Waals surface area (Å²) in [5, 5.41) is 3.45. The van der Waals surface area contributed by atoms with Gasteiger partial charge >= 0.3 is 0 Å². The van der Waals surface area contributed by atoms with E-state index in [2.05, 4.69) is 37.2 Å². The van der Waals surface area contributed by atoms with Crippen molar-refractivity contribution in [2.45, 2.75) is 6.54 Å². The Balaban J connectivity index is 0.00000341. The van der Waals surface area contributed by atoms with Crippen LogP contribution in [0.3, 0.4) is 0 Å². The number of nitrogens with zero attached hydrogens (tertiary/aromatic N) is 4. The average molecular weight is 541 g/mol. The van der Waals surface area contributed by atoms with Gasteiger partial charge in [-0.2, -0.15) is 0 Å². The van der Waals surface area contributed by atoms with Crippen LogP contribution in [0, 0.1) is 0 Å². The number of hydrogen-bond acceptors (Lipinski definition) is 6. The molecule has 1 aliphatic heterocycles. The van der Waals surface area contributed by atoms with Crippen LogP contribution in [0.15, 0.2) is 47.6 Å². The van der Waals surface area contributed by atoms with E-state index in [9.17, 15) is 0 Å². The molecule has 3 rings (SSSR count). The molecule has 0 bridgehead atoms. The zero-order valence-corrected chi connectivity index (χ0v) is 20.7. The molecular formula is C22H32IN5O3. The zero-order valence-electron chi connectivity index (χ0n) is 18.4. The van der Waals surface area contributed by atoms with Crippen LogP contribution in [0.2, 0.25) is 0 Å². The third-order valence-electron chi connectivity index (χ3n) is 5.02. The van der Waals surface area contributed by atoms with Gasteiger partial charge in [0.15, 0.2) is 5.96 Å². The highest BCUT2D eigenvalue weighted by Gasteiger charge is 2.20. The first-order valence-electron chi connectivity index (χ1n) is 10.2. The minimum absolute atomic E-state index is 0. The lowest BCUT2D eigenvalue weighted by Gasteiger charge is -2.37. The van der Waals surface area contributed by atoms with E-state index in [4.69, 9.17) is 14.2 Å². The number of aromatic nitrogens is 1. The molecule has 0 unspecified atom stereocenters. The Morgan fingerprint density at radius 2 is 1.90 bits per heavy atom. The standard InChI is InChI=1S/C22H31N5O3.HI/c1-23-22(25-17-18-6-5-9-24-21(18)30-15-14-28-2)27-12-10-26(11-13-27)19-7-4-8-20(16-19)29-3;/h4-9,16H,10-15,17H2,1-3H3,(H,23,25);1H. The first-order valence-corrected chi connectivity index (χ1v) is 10.2. The SMILES string of the molecule is CN=C(NCc1cccnc1OCCOC)N1CCN(c2cccc(OC)c2)CC1.I. The molecule has 0 spiro atoms. The average Bonchev–Trinajstić information content (AvgIpc) is 2.81. The fourth-order valence-electron chi connectivity index (χ4n) is 3.40. The molecule has 1 aromatic heterocycles. The number of nitrogens with one attached hydrogen (secondary N) is 1. The highest BCUT2D eigenvalue weighted by molar-refractivity contribution is 14.0. The molecule has 1 aliphatic rings. The number of methoxy groups -OCH3 is 2. The van der Waals surface area contributed by atoms with Gasteiger partial charge in [-0.3, -0.25) is 4.99 Å². The van der Waals surface area contributed by atoms with Crippen molar-refractivity contribution in [1.82, 2.24) is 15.2 Å². The van der Waals surface area contributed by atoms with Crippen LogP contribution >= 0.6 is 24.0 Å². The van der Waals surface area contributed by atoms with Gasteiger partial charge in [0.25, 0.3) is 0 Å². The molecule has 1 fully saturated rings. The summed E-state index contributed by atoms with van der Waals surface area (Å²) in [6.45, 7) is 5.23. The Bertz CT molecular complexity index is 828. The molecule has 1 N–H and O–H groups in total. The molecule has 0 amide bonds. The smallest absolute Gasteiger partial charge is 0.218 e. The maximum absolute atomic E-state index is 5.72. The van der Waals surface area contributed by atoms with Crippen LogP contribution in [0.25, 0.3) is 0 Å². The highest BCUT2D eigenvalue weighted by Crippen LogP contribution is 2.22. The van der Waals surface area contributed by atoms with Gasteiger partial charge in [0.2, 0.25) is 5.88 Å². The van der Waals surface area contributed by atoms with Gasteiger partial charge < -0.3 is 29.3 Å². The van der Waals surface area contributed by atoms with Crippen molar-refractivity contribution in [3.63, 3.8) is 0 Å². The Hall–Kier alpha value is -2.27. The van der Waals surface area contributed by atoms with E-state index in [1.165, 1.54) is 5.69 Å². The van der Waals surface area contributed by atoms with Crippen molar-refractivity contribution >= 4 is 35.6 Å². The summed E-state index contributed by atoms with van der Waals surface area (Å²) in [6, 6.07) is 12.1. The maximum Gasteiger partial charge on any atom is 0.218 e. The molecule has 2 heterocycles. The van der Waals surface area contributed by atoms with Crippen LogP contribution in [-0.4, -0.2) is 76.5 Å². The maximum atomic E-state index is 5.72. The number of aliphatic imine (C=N–C) groups is 1. The largest absolute Gasteiger partial charge is 0.497 e. The van der Waals surface area contributed by atoms with Crippen molar-refractivity contribution in [2.24, 2.45) is 4.99 Å². The van der Waals surface area contributed by atoms with Crippen LogP contribution in [0.5, 0.6) is 11.6 Å². The van der Waals surface area contributed by atoms with E-state index in [1.807, 2.05) is 31.3 Å². The van der Waals surface area contributed by atoms with E-state index in [0.29, 0.717) is 25.6 Å². The zero-order chi connectivity index (χ0) is 21.2. The van der Waals surface area contributed by atoms with Gasteiger partial charge in [-0.15, -0.1) is 24.0 Å². The summed E-state index contributed by atoms with van der Waals surface area (Å²) < 4.78 is 16.1. The number of benzene rings is 1. The topological polar surface area (TPSA) is 71.5 Å². The second kappa shape index (κ2) is 13.2. The second-order valence-corrected chi connectivity index (χ2v) is 6.89. The predicted octanol–water partition coefficient (Wildman–Crippen LogP) is 2.63. The van der Waals surface area contributed by atoms with Crippen LogP contribution < -0.4 is 19.7 Å². The van der Waals surface area contributed by atoms with Crippen molar-refractivity contribution < 1.29 is 14.2 Å². The van der Waals surface area contributed by atoms with Gasteiger partial charge in [-0.25, -0.2) is 4.98 Å². The van der Waals surface area contributed by atoms with Gasteiger partial charge in [0.05, 0.1) is 13.7 Å². The fraction of sp³-hybridized carbons (Fsp3) is 0.455. The molecule has 31 heavy (non-hydrogen) atoms. The molecule has 0 aliphatic carbocycles. The summed E-state index contributed by atoms with van der Waals surface area (Å²) in [5.74, 6) is 2.39. The van der Waals surface area contributed by atoms with Crippen molar-refractivity contribution in [3.05, 3.63) is 48.2 Å². The minimum atomic E-state index is 0. The summed E-state index contributed by atoms with van der Waals surface area (Å²) in [5.41, 5.74) is 2.18. The van der Waals surface area contributed by atoms with E-state index in [-0.39, 0.29) is 24.0 Å². The third kappa shape index (κ3) is 7.13. The summed E-state index contributed by atoms with van der Waals surface area (Å²) in [6.07, 6.45) is 1.73. The Morgan fingerprint density at radius 3 is 2.61 bits per heavy atom. The van der Waals surface area contributed by atoms with Gasteiger partial charge in [-0.05, 0) is 18.2 Å². The molecule has 0 saturated carbocycles. The molecular weight excluding hydrogens is 509 g/mol. The normalized spacial score (nSPS) is 14.1. The molecule has 2 aromatic rings. The second-order valence-electron chi connectivity index (χ2n) is 6.89. The Labute approximate surface area is 201 Å². The number of rotatable bonds is 8. The number of guanidine groups is 1. The monoisotopic (exact) mass is 541 g/mol. The van der Waals surface area contributed by atoms with Crippen LogP contribution in [0.1, 0.15) is 5.56 Å². The van der Waals surface area contributed by atoms with Crippen molar-refractivity contribution in [2.75, 3.05) is 65.6 Å². The highest BCUT2D eigenvalue weighted by atomic mass is 127. The Morgan fingerprint density at radius 1 is 1.10 bits per heavy atom. The summed E-state index contributed by atoms with van der Waals surface area (Å²) in [4.78, 5) is 13.5. The number of ether oxygens (including phenoxy) is 3. The molecule has 1 aromatic carbocycles. The molecule has 9 heteroatoms. The van der Waals surface area contributed by atoms with Gasteiger partial charge in [-0.1, -0.05) is 12.1 Å². The summed E-state index contributed by atoms with van der Waals surface area (Å²) in [7, 11) is 5.17. The van der Waals surface area contributed by atoms with Gasteiger partial charge in [0.1, 0.15) is 12.4 Å². The number of anilines is 1. The Kier molecular flexibility index (Phi) is 10.6. The molecule has 0 atom stereocenters. The van der Waals surface area contributed by atoms with Crippen molar-refractivity contribution in [1.29, 1.82) is 0 Å². The first-order chi connectivity index (χ1) is 14.7. The summed E-state index contributed by atoms with van der Waals surface area (Å²) >= 11 is 0. The molecule has 1 saturated heterocycles. The predicted molar refractivity (Wildman–Crippen MR) is 134 cm³/mol. The van der Waals surface area contributed by atoms with Gasteiger partial charge in [0, 0.05) is 70.4 Å². The molecule has 170 valence electrons. The van der Waals surface area contributed by atoms with Crippen LogP contribution in [-0.2, 0) is 11.3 Å². The number of halogens is 1. The molecule has 0 radical (unpaired) electrons. The lowest BCUT2D eigenvalue weighted by molar-refractivity contribution is 0.143. The lowest BCUT2D eigenvalue weighted by Crippen LogP contribution is -2.52. The van der Waals surface area contributed by atoms with E-state index in [0.717, 1.165) is 43.5 Å². The number of piperazine rings is 1. The quantitative estimate of drug-likeness (QED) is 0.239. The lowest BCUT2D eigenvalue weighted by atomic mass is 10.2. The third-order valence-corrected chi connectivity index (χ3v) is 5.02. The van der Waals surface area contributed by atoms with Crippen molar-refractivity contribution in [3.8, 4) is 11.6 Å². The van der Waals surface area contributed by atoms with E-state index >= 15 is 0 Å². The number of pyridine rings is 1. The van der Waals surface area contributed by atoms with Crippen LogP contribution in [0.4, 0.5) is 5.69 Å². The molecule has 8 nitrogen and oxygen atoms in total. The van der Waals surface area contributed by atoms with E-state index < -0.39 is 0 Å². The minimum Gasteiger partial charge on any atom is -0.497 e. The first kappa shape index (κ1) is 25.0.